The van der Waals surface area contributed by atoms with Gasteiger partial charge in [-0.1, -0.05) is 18.3 Å². The van der Waals surface area contributed by atoms with Crippen LogP contribution in [0.5, 0.6) is 0 Å². The molecule has 0 aromatic carbocycles. The molecule has 148 valence electrons. The summed E-state index contributed by atoms with van der Waals surface area (Å²) in [6.07, 6.45) is 5.31. The molecule has 3 N–H and O–H groups in total. The number of carbonyl (C=O) groups is 2. The summed E-state index contributed by atoms with van der Waals surface area (Å²) in [5.41, 5.74) is 6.26. The van der Waals surface area contributed by atoms with E-state index in [-0.39, 0.29) is 11.4 Å². The van der Waals surface area contributed by atoms with Crippen LogP contribution in [0.4, 0.5) is 9.93 Å². The van der Waals surface area contributed by atoms with Crippen LogP contribution in [0.25, 0.3) is 10.6 Å². The molecule has 1 aliphatic heterocycles. The molecule has 1 saturated heterocycles. The molecule has 2 aromatic heterocycles. The third kappa shape index (κ3) is 3.13. The van der Waals surface area contributed by atoms with Gasteiger partial charge in [-0.05, 0) is 45.6 Å². The molecule has 3 heterocycles. The summed E-state index contributed by atoms with van der Waals surface area (Å²) in [6.45, 7) is 6.27. The number of urea groups is 1. The van der Waals surface area contributed by atoms with Crippen LogP contribution in [0, 0.1) is 6.92 Å². The first-order valence-electron chi connectivity index (χ1n) is 9.43. The van der Waals surface area contributed by atoms with E-state index < -0.39 is 11.4 Å². The van der Waals surface area contributed by atoms with Gasteiger partial charge in [-0.25, -0.2) is 19.7 Å². The average molecular weight is 401 g/mol. The van der Waals surface area contributed by atoms with E-state index in [0.717, 1.165) is 41.4 Å². The number of anilines is 1. The summed E-state index contributed by atoms with van der Waals surface area (Å²) in [5, 5.41) is 3.31. The number of nitrogens with zero attached hydrogens (tertiary/aromatic N) is 4. The van der Waals surface area contributed by atoms with E-state index in [4.69, 9.17) is 10.7 Å². The van der Waals surface area contributed by atoms with Gasteiger partial charge in [0.05, 0.1) is 16.3 Å². The largest absolute Gasteiger partial charge is 0.368 e. The molecular weight excluding hydrogens is 376 g/mol. The summed E-state index contributed by atoms with van der Waals surface area (Å²) in [6, 6.07) is 1.51. The Hall–Kier alpha value is -2.55. The number of nitrogens with one attached hydrogen (secondary N) is 1. The summed E-state index contributed by atoms with van der Waals surface area (Å²) in [7, 11) is 0. The van der Waals surface area contributed by atoms with Gasteiger partial charge in [0.2, 0.25) is 5.91 Å². The first-order chi connectivity index (χ1) is 13.2. The predicted octanol–water partition coefficient (Wildman–Crippen LogP) is 2.83. The second-order valence-electron chi connectivity index (χ2n) is 8.08. The minimum Gasteiger partial charge on any atom is -0.368 e. The van der Waals surface area contributed by atoms with Crippen molar-refractivity contribution in [3.8, 4) is 10.6 Å². The van der Waals surface area contributed by atoms with Gasteiger partial charge in [0, 0.05) is 18.2 Å². The minimum atomic E-state index is -0.958. The lowest BCUT2D eigenvalue weighted by Gasteiger charge is -2.31. The van der Waals surface area contributed by atoms with Gasteiger partial charge >= 0.3 is 6.03 Å². The second-order valence-corrected chi connectivity index (χ2v) is 9.08. The maximum absolute atomic E-state index is 12.7. The fourth-order valence-corrected chi connectivity index (χ4v) is 4.50. The van der Waals surface area contributed by atoms with Crippen molar-refractivity contribution in [2.45, 2.75) is 57.4 Å². The number of primary amides is 1. The summed E-state index contributed by atoms with van der Waals surface area (Å²) in [5.74, 6) is 0.371. The zero-order valence-electron chi connectivity index (χ0n) is 16.3. The number of hydrogen-bond donors (Lipinski definition) is 2. The van der Waals surface area contributed by atoms with Gasteiger partial charge in [0.15, 0.2) is 5.13 Å². The molecule has 2 fully saturated rings. The Balaban J connectivity index is 1.55. The van der Waals surface area contributed by atoms with Crippen LogP contribution in [0.15, 0.2) is 12.3 Å². The van der Waals surface area contributed by atoms with Crippen LogP contribution < -0.4 is 11.1 Å². The van der Waals surface area contributed by atoms with Crippen molar-refractivity contribution < 1.29 is 9.59 Å². The van der Waals surface area contributed by atoms with E-state index in [1.54, 1.807) is 13.1 Å². The molecule has 4 rings (SSSR count). The van der Waals surface area contributed by atoms with Crippen LogP contribution in [-0.4, -0.2) is 43.9 Å². The normalized spacial score (nSPS) is 22.9. The van der Waals surface area contributed by atoms with Crippen molar-refractivity contribution in [3.05, 3.63) is 23.8 Å². The topological polar surface area (TPSA) is 114 Å². The highest BCUT2D eigenvalue weighted by Gasteiger charge is 2.45. The van der Waals surface area contributed by atoms with E-state index >= 15 is 0 Å². The van der Waals surface area contributed by atoms with Gasteiger partial charge in [-0.15, -0.1) is 0 Å². The Morgan fingerprint density at radius 3 is 2.68 bits per heavy atom. The summed E-state index contributed by atoms with van der Waals surface area (Å²) >= 11 is 1.37. The SMILES string of the molecule is Cc1nc(NC(=O)N2CCC[C@@]2(C)C(N)=O)sc1-c1ccnc(C2(C)CC2)n1. The number of aromatic nitrogens is 3. The first-order valence-corrected chi connectivity index (χ1v) is 10.2. The van der Waals surface area contributed by atoms with E-state index in [1.807, 2.05) is 13.0 Å². The maximum Gasteiger partial charge on any atom is 0.324 e. The Labute approximate surface area is 167 Å². The smallest absolute Gasteiger partial charge is 0.324 e. The number of carbonyl (C=O) groups excluding carboxylic acids is 2. The van der Waals surface area contributed by atoms with E-state index in [0.29, 0.717) is 18.1 Å². The molecule has 2 aromatic rings. The number of rotatable bonds is 4. The van der Waals surface area contributed by atoms with Gasteiger partial charge < -0.3 is 10.6 Å². The van der Waals surface area contributed by atoms with Crippen LogP contribution in [-0.2, 0) is 10.2 Å². The third-order valence-corrected chi connectivity index (χ3v) is 6.95. The third-order valence-electron chi connectivity index (χ3n) is 5.86. The second kappa shape index (κ2) is 6.51. The Morgan fingerprint density at radius 2 is 2.00 bits per heavy atom. The predicted molar refractivity (Wildman–Crippen MR) is 107 cm³/mol. The lowest BCUT2D eigenvalue weighted by Crippen LogP contribution is -2.55. The van der Waals surface area contributed by atoms with Gasteiger partial charge in [0.25, 0.3) is 0 Å². The molecule has 1 saturated carbocycles. The molecule has 0 spiro atoms. The fourth-order valence-electron chi connectivity index (χ4n) is 3.58. The van der Waals surface area contributed by atoms with Crippen LogP contribution in [0.1, 0.15) is 51.0 Å². The molecule has 1 atom stereocenters. The number of likely N-dealkylation sites (tertiary alicyclic amines) is 1. The summed E-state index contributed by atoms with van der Waals surface area (Å²) < 4.78 is 0. The number of hydrogen-bond acceptors (Lipinski definition) is 6. The Kier molecular flexibility index (Phi) is 4.37. The van der Waals surface area contributed by atoms with Crippen molar-refractivity contribution in [3.63, 3.8) is 0 Å². The summed E-state index contributed by atoms with van der Waals surface area (Å²) in [4.78, 5) is 40.6. The lowest BCUT2D eigenvalue weighted by atomic mass is 9.98. The van der Waals surface area contributed by atoms with Gasteiger partial charge in [0.1, 0.15) is 11.4 Å². The Morgan fingerprint density at radius 1 is 1.25 bits per heavy atom. The molecule has 8 nitrogen and oxygen atoms in total. The Bertz CT molecular complexity index is 954. The molecule has 3 amide bonds. The van der Waals surface area contributed by atoms with E-state index in [9.17, 15) is 9.59 Å². The molecule has 0 radical (unpaired) electrons. The van der Waals surface area contributed by atoms with E-state index in [2.05, 4.69) is 22.2 Å². The fraction of sp³-hybridized carbons (Fsp3) is 0.526. The lowest BCUT2D eigenvalue weighted by molar-refractivity contribution is -0.126. The highest BCUT2D eigenvalue weighted by atomic mass is 32.1. The highest BCUT2D eigenvalue weighted by Crippen LogP contribution is 2.46. The number of amides is 3. The zero-order chi connectivity index (χ0) is 20.1. The quantitative estimate of drug-likeness (QED) is 0.819. The number of thiazole rings is 1. The van der Waals surface area contributed by atoms with Crippen molar-refractivity contribution >= 4 is 28.4 Å². The van der Waals surface area contributed by atoms with Crippen molar-refractivity contribution in [1.82, 2.24) is 19.9 Å². The van der Waals surface area contributed by atoms with Crippen molar-refractivity contribution in [2.75, 3.05) is 11.9 Å². The van der Waals surface area contributed by atoms with Crippen LogP contribution in [0.2, 0.25) is 0 Å². The first kappa shape index (κ1) is 18.8. The molecule has 0 unspecified atom stereocenters. The molecule has 0 bridgehead atoms. The number of nitrogens with two attached hydrogens (primary N) is 1. The van der Waals surface area contributed by atoms with Crippen molar-refractivity contribution in [1.29, 1.82) is 0 Å². The molecule has 1 aliphatic carbocycles. The zero-order valence-corrected chi connectivity index (χ0v) is 17.1. The highest BCUT2D eigenvalue weighted by molar-refractivity contribution is 7.19. The molecule has 9 heteroatoms. The average Bonchev–Trinajstić information content (AvgIpc) is 3.11. The molecular formula is C19H24N6O2S. The minimum absolute atomic E-state index is 0.0839. The number of aryl methyl sites for hydroxylation is 1. The standard InChI is InChI=1S/C19H24N6O2S/c1-11-13(12-5-9-21-15(23-12)18(2)7-8-18)28-16(22-11)24-17(27)25-10-4-6-19(25,3)14(20)26/h5,9H,4,6-8,10H2,1-3H3,(H2,20,26)(H,22,24,27)/t19-/m0/s1. The van der Waals surface area contributed by atoms with Gasteiger partial charge in [-0.3, -0.25) is 10.1 Å². The molecule has 28 heavy (non-hydrogen) atoms. The van der Waals surface area contributed by atoms with Crippen LogP contribution in [0.3, 0.4) is 0 Å². The van der Waals surface area contributed by atoms with Crippen molar-refractivity contribution in [2.24, 2.45) is 5.73 Å². The van der Waals surface area contributed by atoms with Crippen LogP contribution >= 0.6 is 11.3 Å². The van der Waals surface area contributed by atoms with Gasteiger partial charge in [-0.2, -0.15) is 0 Å². The van der Waals surface area contributed by atoms with E-state index in [1.165, 1.54) is 16.2 Å². The maximum atomic E-state index is 12.7. The molecule has 2 aliphatic rings. The monoisotopic (exact) mass is 400 g/mol.